The number of benzene rings is 3. The van der Waals surface area contributed by atoms with Crippen LogP contribution in [-0.2, 0) is 40.6 Å². The third-order valence-electron chi connectivity index (χ3n) is 12.9. The van der Waals surface area contributed by atoms with Crippen LogP contribution in [0.15, 0.2) is 59.9 Å². The fraction of sp³-hybridized carbons (Fsp3) is 0.347. The molecule has 0 spiro atoms. The highest BCUT2D eigenvalue weighted by atomic mass is 16.1. The molecule has 0 radical (unpaired) electrons. The van der Waals surface area contributed by atoms with Crippen LogP contribution in [0, 0.1) is 11.3 Å². The molecule has 2 aliphatic heterocycles. The Morgan fingerprint density at radius 2 is 1.70 bits per heavy atom. The number of hydrogen-bond donors (Lipinski definition) is 4. The normalized spacial score (nSPS) is 16.8. The average Bonchev–Trinajstić information content (AvgIpc) is 3.86. The molecule has 63 heavy (non-hydrogen) atoms. The van der Waals surface area contributed by atoms with Crippen LogP contribution < -0.4 is 31.5 Å². The summed E-state index contributed by atoms with van der Waals surface area (Å²) >= 11 is 0. The molecule has 4 N–H and O–H groups in total. The molecule has 3 aliphatic rings. The first kappa shape index (κ1) is 42.3. The van der Waals surface area contributed by atoms with E-state index >= 15 is 0 Å². The van der Waals surface area contributed by atoms with Crippen LogP contribution in [0.2, 0.25) is 0 Å². The number of nitriles is 1. The fourth-order valence-corrected chi connectivity index (χ4v) is 9.66. The van der Waals surface area contributed by atoms with Crippen molar-refractivity contribution in [1.82, 2.24) is 25.1 Å². The van der Waals surface area contributed by atoms with Crippen molar-refractivity contribution in [2.45, 2.75) is 64.3 Å². The van der Waals surface area contributed by atoms with Gasteiger partial charge in [0.1, 0.15) is 39.9 Å². The topological polar surface area (TPSA) is 189 Å². The van der Waals surface area contributed by atoms with Crippen molar-refractivity contribution in [3.8, 4) is 6.07 Å². The molecule has 14 nitrogen and oxygen atoms in total. The number of aryl methyl sites for hydroxylation is 1. The van der Waals surface area contributed by atoms with Gasteiger partial charge >= 0.3 is 0 Å². The number of anilines is 2. The molecule has 2 fully saturated rings. The number of rotatable bonds is 11. The number of allylic oxidation sites excluding steroid dienone is 2. The number of piperazine rings is 1. The third-order valence-corrected chi connectivity index (χ3v) is 12.9. The summed E-state index contributed by atoms with van der Waals surface area (Å²) in [5, 5.41) is 20.4. The molecule has 0 saturated carbocycles. The Morgan fingerprint density at radius 3 is 2.40 bits per heavy atom. The molecule has 8 rings (SSSR count). The number of H-pyrrole nitrogens is 1. The number of carbonyl (C=O) groups is 1. The number of hydrogen-bond acceptors (Lipinski definition) is 11. The van der Waals surface area contributed by atoms with Crippen molar-refractivity contribution in [3.05, 3.63) is 104 Å². The second-order valence-corrected chi connectivity index (χ2v) is 16.7. The molecule has 318 valence electrons. The van der Waals surface area contributed by atoms with Crippen molar-refractivity contribution in [3.63, 3.8) is 0 Å². The summed E-state index contributed by atoms with van der Waals surface area (Å²) in [6.45, 7) is 11.3. The monoisotopic (exact) mass is 842 g/mol. The van der Waals surface area contributed by atoms with Gasteiger partial charge in [-0.1, -0.05) is 39.0 Å². The molecule has 0 bridgehead atoms. The third kappa shape index (κ3) is 7.52. The first-order chi connectivity index (χ1) is 30.6. The first-order valence-electron chi connectivity index (χ1n) is 21.3. The second-order valence-electron chi connectivity index (χ2n) is 16.7. The number of aromatic nitrogens is 2. The van der Waals surface area contributed by atoms with Gasteiger partial charge < -0.3 is 30.4 Å². The minimum Gasteiger partial charge on any atom is -0.383 e. The van der Waals surface area contributed by atoms with Crippen molar-refractivity contribution in [1.29, 1.82) is 5.26 Å². The van der Waals surface area contributed by atoms with Gasteiger partial charge in [-0.05, 0) is 72.8 Å². The zero-order valence-electron chi connectivity index (χ0n) is 35.4. The smallest absolute Gasteiger partial charge is 0.220 e. The summed E-state index contributed by atoms with van der Waals surface area (Å²) in [5.74, 6) is 9.63. The van der Waals surface area contributed by atoms with Gasteiger partial charge in [0.05, 0.1) is 23.2 Å². The fourth-order valence-electron chi connectivity index (χ4n) is 9.66. The molecular formula is C49H46N8O6. The molecule has 14 heteroatoms. The minimum absolute atomic E-state index is 0.00523. The lowest BCUT2D eigenvalue weighted by Crippen LogP contribution is -2.47. The molecule has 1 unspecified atom stereocenters. The van der Waals surface area contributed by atoms with Gasteiger partial charge in [-0.3, -0.25) is 9.69 Å². The summed E-state index contributed by atoms with van der Waals surface area (Å²) in [6, 6.07) is 16.6. The van der Waals surface area contributed by atoms with Gasteiger partial charge in [-0.15, -0.1) is 0 Å². The lowest BCUT2D eigenvalue weighted by Gasteiger charge is -2.39. The molecule has 1 amide bonds. The molecule has 2 aromatic heterocycles. The Kier molecular flexibility index (Phi) is 11.7. The van der Waals surface area contributed by atoms with E-state index in [0.717, 1.165) is 72.4 Å². The molecule has 2 saturated heterocycles. The van der Waals surface area contributed by atoms with Gasteiger partial charge in [-0.25, -0.2) is 24.0 Å². The van der Waals surface area contributed by atoms with Crippen LogP contribution in [-0.4, -0.2) is 95.9 Å². The van der Waals surface area contributed by atoms with Gasteiger partial charge in [0.15, 0.2) is 11.9 Å². The molecular weight excluding hydrogens is 797 g/mol. The number of nitrogens with zero attached hydrogens (tertiary/aromatic N) is 4. The maximum Gasteiger partial charge on any atom is 0.220 e. The first-order valence-corrected chi connectivity index (χ1v) is 21.3. The molecule has 1 aliphatic carbocycles. The summed E-state index contributed by atoms with van der Waals surface area (Å²) in [5.41, 5.74) is 8.34. The standard InChI is InChI=1S/C49H46N8O6/c1-4-31-22-35-36(26-59)46-33-12-10-30(24-50)21-39(33)54-48(46)49(2,3)37(35)23-42(31)56-19-17-55(18-20-56)16-6-9-45(63)52-15-14-51-38-8-5-7-34-43(28-61)57(44(29-62)47(34)38)41-13-11-32(25-58)53-40(41)27-60/h5,7-8,10,12,21-23,41,51,53-54H,4,6,9,11,13-20H2,1-3H3,(H,52,63). The summed E-state index contributed by atoms with van der Waals surface area (Å²) < 4.78 is 1.42. The van der Waals surface area contributed by atoms with E-state index in [1.165, 1.54) is 15.8 Å². The highest BCUT2D eigenvalue weighted by molar-refractivity contribution is 6.10. The van der Waals surface area contributed by atoms with Crippen molar-refractivity contribution < 1.29 is 28.8 Å². The Labute approximate surface area is 362 Å². The highest BCUT2D eigenvalue weighted by Gasteiger charge is 2.39. The maximum absolute atomic E-state index is 12.9. The van der Waals surface area contributed by atoms with E-state index in [4.69, 9.17) is 0 Å². The largest absolute Gasteiger partial charge is 0.383 e. The molecule has 3 aromatic carbocycles. The van der Waals surface area contributed by atoms with E-state index in [9.17, 15) is 34.0 Å². The van der Waals surface area contributed by atoms with Crippen LogP contribution in [0.4, 0.5) is 11.4 Å². The number of aromatic amines is 1. The number of nitrogens with one attached hydrogen (secondary N) is 4. The average molecular weight is 843 g/mol. The van der Waals surface area contributed by atoms with Crippen molar-refractivity contribution in [2.75, 3.05) is 56.0 Å². The Morgan fingerprint density at radius 1 is 0.905 bits per heavy atom. The maximum atomic E-state index is 12.9. The van der Waals surface area contributed by atoms with E-state index in [1.807, 2.05) is 24.0 Å². The van der Waals surface area contributed by atoms with E-state index in [2.05, 4.69) is 75.6 Å². The van der Waals surface area contributed by atoms with E-state index in [0.29, 0.717) is 53.5 Å². The summed E-state index contributed by atoms with van der Waals surface area (Å²) in [4.78, 5) is 81.6. The quantitative estimate of drug-likeness (QED) is 0.113. The highest BCUT2D eigenvalue weighted by Crippen LogP contribution is 2.49. The Balaban J connectivity index is 0.860. The Hall–Kier alpha value is -7.43. The van der Waals surface area contributed by atoms with Crippen LogP contribution in [0.25, 0.3) is 27.2 Å². The lowest BCUT2D eigenvalue weighted by molar-refractivity contribution is -0.121. The van der Waals surface area contributed by atoms with Gasteiger partial charge in [0, 0.05) is 102 Å². The summed E-state index contributed by atoms with van der Waals surface area (Å²) in [6.07, 6.45) is 2.38. The second kappa shape index (κ2) is 17.5. The van der Waals surface area contributed by atoms with Crippen molar-refractivity contribution in [2.24, 2.45) is 0 Å². The minimum atomic E-state index is -0.762. The van der Waals surface area contributed by atoms with Gasteiger partial charge in [0.25, 0.3) is 0 Å². The number of carbonyl (C=O) groups excluding carboxylic acids is 6. The van der Waals surface area contributed by atoms with Crippen LogP contribution in [0.3, 0.4) is 0 Å². The van der Waals surface area contributed by atoms with Crippen LogP contribution >= 0.6 is 0 Å². The molecule has 1 atom stereocenters. The Bertz CT molecular complexity index is 3080. The van der Waals surface area contributed by atoms with Crippen LogP contribution in [0.1, 0.15) is 86.0 Å². The molecule has 4 heterocycles. The van der Waals surface area contributed by atoms with Crippen molar-refractivity contribution >= 4 is 74.2 Å². The van der Waals surface area contributed by atoms with E-state index < -0.39 is 11.5 Å². The predicted molar refractivity (Wildman–Crippen MR) is 239 cm³/mol. The lowest BCUT2D eigenvalue weighted by atomic mass is 9.69. The zero-order valence-corrected chi connectivity index (χ0v) is 35.4. The summed E-state index contributed by atoms with van der Waals surface area (Å²) in [7, 11) is 0. The number of piperidine rings is 1. The van der Waals surface area contributed by atoms with Gasteiger partial charge in [-0.2, -0.15) is 5.26 Å². The molecule has 5 aromatic rings. The number of amides is 1. The zero-order chi connectivity index (χ0) is 44.4. The van der Waals surface area contributed by atoms with E-state index in [-0.39, 0.29) is 40.8 Å². The van der Waals surface area contributed by atoms with Crippen LogP contribution in [0.5, 0.6) is 0 Å². The number of fused-ring (bicyclic) bond motifs is 5. The SMILES string of the molecule is CCc1cc2c(cc1N1CCN(CCCC(=O)NCCNc3cccc4c(=C=O)n(C5CCC(=C=O)NC5=C=O)c(=C=O)c34)CC1)C(C)(C)c1[nH]c3cc(C#N)ccc3c1C2=C=O. The van der Waals surface area contributed by atoms with E-state index in [1.54, 1.807) is 36.1 Å². The predicted octanol–water partition coefficient (Wildman–Crippen LogP) is 2.95. The van der Waals surface area contributed by atoms with Gasteiger partial charge in [0.2, 0.25) is 5.91 Å².